The Kier molecular flexibility index (Phi) is 7.21. The van der Waals surface area contributed by atoms with Crippen LogP contribution in [0.4, 0.5) is 11.5 Å². The summed E-state index contributed by atoms with van der Waals surface area (Å²) in [5.74, 6) is 2.42. The molecule has 2 fully saturated rings. The van der Waals surface area contributed by atoms with Crippen LogP contribution in [0, 0.1) is 6.92 Å². The number of aryl methyl sites for hydroxylation is 1. The van der Waals surface area contributed by atoms with Gasteiger partial charge in [0.2, 0.25) is 5.91 Å². The van der Waals surface area contributed by atoms with E-state index in [1.807, 2.05) is 65.1 Å². The van der Waals surface area contributed by atoms with Crippen molar-refractivity contribution in [3.05, 3.63) is 84.7 Å². The molecule has 0 aliphatic carbocycles. The molecule has 1 aromatic carbocycles. The number of ether oxygens (including phenoxy) is 2. The van der Waals surface area contributed by atoms with Crippen molar-refractivity contribution in [1.82, 2.24) is 39.0 Å². The van der Waals surface area contributed by atoms with E-state index in [0.717, 1.165) is 59.8 Å². The zero-order chi connectivity index (χ0) is 29.3. The van der Waals surface area contributed by atoms with Gasteiger partial charge in [0.05, 0.1) is 6.10 Å². The molecular weight excluding hydrogens is 546 g/mol. The van der Waals surface area contributed by atoms with Crippen molar-refractivity contribution in [1.29, 1.82) is 0 Å². The minimum Gasteiger partial charge on any atom is -0.457 e. The molecule has 0 saturated carbocycles. The number of hydrogen-bond acceptors (Lipinski definition) is 9. The number of fused-ring (bicyclic) bond motifs is 2. The Morgan fingerprint density at radius 2 is 1.88 bits per heavy atom. The SMILES string of the molecule is COC1CCN(C/C=C/C(=O)N2CC(c3ccn4ncnc(Nc5ccc(Oc6ccn7ncnc7c6)c(C)c5)c34)C2)C1. The van der Waals surface area contributed by atoms with Crippen LogP contribution in [-0.4, -0.2) is 90.8 Å². The first-order valence-electron chi connectivity index (χ1n) is 14.4. The fourth-order valence-corrected chi connectivity index (χ4v) is 5.78. The predicted octanol–water partition coefficient (Wildman–Crippen LogP) is 3.82. The van der Waals surface area contributed by atoms with Crippen LogP contribution in [0.1, 0.15) is 23.5 Å². The molecule has 1 atom stereocenters. The zero-order valence-corrected chi connectivity index (χ0v) is 24.1. The second-order valence-electron chi connectivity index (χ2n) is 11.1. The van der Waals surface area contributed by atoms with Gasteiger partial charge in [-0.15, -0.1) is 0 Å². The van der Waals surface area contributed by atoms with Gasteiger partial charge in [0, 0.05) is 76.0 Å². The summed E-state index contributed by atoms with van der Waals surface area (Å²) >= 11 is 0. The quantitative estimate of drug-likeness (QED) is 0.260. The Balaban J connectivity index is 1.01. The Labute approximate surface area is 248 Å². The normalized spacial score (nSPS) is 17.7. The highest BCUT2D eigenvalue weighted by atomic mass is 16.5. The smallest absolute Gasteiger partial charge is 0.246 e. The number of carbonyl (C=O) groups excluding carboxylic acids is 1. The highest BCUT2D eigenvalue weighted by molar-refractivity contribution is 5.88. The van der Waals surface area contributed by atoms with E-state index < -0.39 is 0 Å². The first-order chi connectivity index (χ1) is 21.0. The van der Waals surface area contributed by atoms with Gasteiger partial charge >= 0.3 is 0 Å². The number of hydrogen-bond donors (Lipinski definition) is 1. The van der Waals surface area contributed by atoms with Gasteiger partial charge in [0.25, 0.3) is 0 Å². The van der Waals surface area contributed by atoms with Gasteiger partial charge in [0.1, 0.15) is 29.7 Å². The molecule has 2 saturated heterocycles. The Morgan fingerprint density at radius 3 is 2.72 bits per heavy atom. The van der Waals surface area contributed by atoms with Crippen LogP contribution in [0.2, 0.25) is 0 Å². The van der Waals surface area contributed by atoms with E-state index >= 15 is 0 Å². The second kappa shape index (κ2) is 11.5. The van der Waals surface area contributed by atoms with Gasteiger partial charge < -0.3 is 19.7 Å². The third-order valence-electron chi connectivity index (χ3n) is 8.22. The largest absolute Gasteiger partial charge is 0.457 e. The van der Waals surface area contributed by atoms with E-state index in [4.69, 9.17) is 9.47 Å². The molecule has 2 aliphatic rings. The molecule has 0 bridgehead atoms. The van der Waals surface area contributed by atoms with Gasteiger partial charge in [-0.2, -0.15) is 10.2 Å². The number of carbonyl (C=O) groups is 1. The van der Waals surface area contributed by atoms with E-state index in [1.54, 1.807) is 24.0 Å². The van der Waals surface area contributed by atoms with Gasteiger partial charge in [-0.1, -0.05) is 6.08 Å². The van der Waals surface area contributed by atoms with Gasteiger partial charge in [-0.25, -0.2) is 19.0 Å². The molecule has 1 unspecified atom stereocenters. The average Bonchev–Trinajstić information content (AvgIpc) is 3.74. The summed E-state index contributed by atoms with van der Waals surface area (Å²) in [5.41, 5.74) is 4.61. The summed E-state index contributed by atoms with van der Waals surface area (Å²) in [6.45, 7) is 6.02. The lowest BCUT2D eigenvalue weighted by molar-refractivity contribution is -0.130. The summed E-state index contributed by atoms with van der Waals surface area (Å²) in [5, 5.41) is 12.0. The zero-order valence-electron chi connectivity index (χ0n) is 24.1. The highest BCUT2D eigenvalue weighted by Crippen LogP contribution is 2.35. The fourth-order valence-electron chi connectivity index (χ4n) is 5.78. The number of pyridine rings is 1. The summed E-state index contributed by atoms with van der Waals surface area (Å²) in [6.07, 6.45) is 11.8. The van der Waals surface area contributed by atoms with Crippen LogP contribution in [-0.2, 0) is 9.53 Å². The summed E-state index contributed by atoms with van der Waals surface area (Å²) in [7, 11) is 1.76. The molecule has 4 aromatic heterocycles. The van der Waals surface area contributed by atoms with Crippen molar-refractivity contribution in [2.45, 2.75) is 25.4 Å². The summed E-state index contributed by atoms with van der Waals surface area (Å²) < 4.78 is 15.1. The standard InChI is InChI=1S/C31H33N9O3/c1-21-14-23(5-6-27(21)43-24-8-12-39-28(15-24)32-19-34-39)36-31-30-26(9-13-40(30)35-20-33-31)22-16-38(17-22)29(41)4-3-10-37-11-7-25(18-37)42-2/h3-6,8-9,12-15,19-20,22,25H,7,10-11,16-18H2,1-2H3,(H,33,35,36)/b4-3+. The number of methoxy groups -OCH3 is 1. The lowest BCUT2D eigenvalue weighted by Crippen LogP contribution is -2.47. The molecule has 12 nitrogen and oxygen atoms in total. The number of rotatable bonds is 9. The monoisotopic (exact) mass is 579 g/mol. The topological polar surface area (TPSA) is 114 Å². The summed E-state index contributed by atoms with van der Waals surface area (Å²) in [4.78, 5) is 25.7. The van der Waals surface area contributed by atoms with Crippen LogP contribution >= 0.6 is 0 Å². The number of likely N-dealkylation sites (tertiary alicyclic amines) is 2. The van der Waals surface area contributed by atoms with Crippen molar-refractivity contribution >= 4 is 28.6 Å². The van der Waals surface area contributed by atoms with Gasteiger partial charge in [-0.05, 0) is 54.8 Å². The van der Waals surface area contributed by atoms with E-state index in [-0.39, 0.29) is 11.8 Å². The maximum Gasteiger partial charge on any atom is 0.246 e. The molecule has 12 heteroatoms. The molecule has 2 aliphatic heterocycles. The van der Waals surface area contributed by atoms with E-state index in [1.165, 1.54) is 6.33 Å². The van der Waals surface area contributed by atoms with Crippen molar-refractivity contribution < 1.29 is 14.3 Å². The van der Waals surface area contributed by atoms with Crippen molar-refractivity contribution in [2.75, 3.05) is 45.2 Å². The highest BCUT2D eigenvalue weighted by Gasteiger charge is 2.33. The van der Waals surface area contributed by atoms with Crippen LogP contribution in [0.25, 0.3) is 11.2 Å². The first kappa shape index (κ1) is 27.0. The maximum atomic E-state index is 12.8. The molecule has 1 N–H and O–H groups in total. The van der Waals surface area contributed by atoms with Crippen LogP contribution in [0.3, 0.4) is 0 Å². The molecule has 220 valence electrons. The average molecular weight is 580 g/mol. The van der Waals surface area contributed by atoms with Crippen LogP contribution in [0.15, 0.2) is 73.6 Å². The van der Waals surface area contributed by atoms with E-state index in [9.17, 15) is 4.79 Å². The molecule has 7 rings (SSSR count). The van der Waals surface area contributed by atoms with Crippen LogP contribution in [0.5, 0.6) is 11.5 Å². The molecule has 5 aromatic rings. The van der Waals surface area contributed by atoms with Gasteiger partial charge in [0.15, 0.2) is 11.5 Å². The van der Waals surface area contributed by atoms with Crippen LogP contribution < -0.4 is 10.1 Å². The number of amides is 1. The lowest BCUT2D eigenvalue weighted by atomic mass is 9.92. The minimum absolute atomic E-state index is 0.0519. The first-order valence-corrected chi connectivity index (χ1v) is 14.4. The van der Waals surface area contributed by atoms with E-state index in [2.05, 4.69) is 36.4 Å². The molecule has 43 heavy (non-hydrogen) atoms. The third-order valence-corrected chi connectivity index (χ3v) is 8.22. The van der Waals surface area contributed by atoms with Gasteiger partial charge in [-0.3, -0.25) is 9.69 Å². The van der Waals surface area contributed by atoms with Crippen molar-refractivity contribution in [3.63, 3.8) is 0 Å². The Morgan fingerprint density at radius 1 is 1.05 bits per heavy atom. The van der Waals surface area contributed by atoms with Crippen molar-refractivity contribution in [3.8, 4) is 11.5 Å². The molecule has 1 amide bonds. The summed E-state index contributed by atoms with van der Waals surface area (Å²) in [6, 6.07) is 11.7. The second-order valence-corrected chi connectivity index (χ2v) is 11.1. The molecule has 0 radical (unpaired) electrons. The number of anilines is 2. The molecule has 0 spiro atoms. The number of nitrogens with zero attached hydrogens (tertiary/aromatic N) is 8. The van der Waals surface area contributed by atoms with E-state index in [0.29, 0.717) is 30.8 Å². The Bertz CT molecular complexity index is 1810. The number of benzene rings is 1. The number of nitrogens with one attached hydrogen (secondary N) is 1. The third kappa shape index (κ3) is 5.54. The lowest BCUT2D eigenvalue weighted by Gasteiger charge is -2.38. The molecule has 6 heterocycles. The number of aromatic nitrogens is 6. The predicted molar refractivity (Wildman–Crippen MR) is 161 cm³/mol. The Hall–Kier alpha value is -4.81. The maximum absolute atomic E-state index is 12.8. The minimum atomic E-state index is 0.0519. The van der Waals surface area contributed by atoms with Crippen molar-refractivity contribution in [2.24, 2.45) is 0 Å². The fraction of sp³-hybridized carbons (Fsp3) is 0.323. The molecular formula is C31H33N9O3.